The second-order valence-electron chi connectivity index (χ2n) is 4.32. The third-order valence-corrected chi connectivity index (χ3v) is 3.73. The highest BCUT2D eigenvalue weighted by molar-refractivity contribution is 6.30. The Bertz CT molecular complexity index is 573. The minimum absolute atomic E-state index is 0.426. The number of alkyl halides is 1. The van der Waals surface area contributed by atoms with Gasteiger partial charge in [0, 0.05) is 16.6 Å². The van der Waals surface area contributed by atoms with Crippen molar-refractivity contribution in [1.29, 1.82) is 0 Å². The molecule has 0 bridgehead atoms. The summed E-state index contributed by atoms with van der Waals surface area (Å²) in [6, 6.07) is 5.74. The minimum Gasteiger partial charge on any atom is -0.237 e. The fraction of sp³-hybridized carbons (Fsp3) is 0.357. The first-order valence-electron chi connectivity index (χ1n) is 5.98. The molecule has 2 aromatic rings. The van der Waals surface area contributed by atoms with Crippen LogP contribution in [0.15, 0.2) is 18.2 Å². The van der Waals surface area contributed by atoms with Gasteiger partial charge in [-0.3, -0.25) is 0 Å². The molecule has 0 saturated heterocycles. The molecule has 0 spiro atoms. The van der Waals surface area contributed by atoms with Gasteiger partial charge < -0.3 is 0 Å². The number of rotatable bonds is 3. The number of halogens is 2. The molecule has 0 N–H and O–H groups in total. The number of aryl methyl sites for hydroxylation is 1. The van der Waals surface area contributed by atoms with E-state index in [-0.39, 0.29) is 0 Å². The molecule has 1 aromatic heterocycles. The lowest BCUT2D eigenvalue weighted by molar-refractivity contribution is 0.825. The maximum absolute atomic E-state index is 6.00. The summed E-state index contributed by atoms with van der Waals surface area (Å²) in [6.45, 7) is 6.27. The van der Waals surface area contributed by atoms with Crippen LogP contribution < -0.4 is 0 Å². The van der Waals surface area contributed by atoms with Gasteiger partial charge in [-0.25, -0.2) is 4.68 Å². The van der Waals surface area contributed by atoms with Gasteiger partial charge in [-0.1, -0.05) is 18.5 Å². The molecule has 0 fully saturated rings. The maximum Gasteiger partial charge on any atom is 0.0694 e. The van der Waals surface area contributed by atoms with Gasteiger partial charge >= 0.3 is 0 Å². The zero-order valence-corrected chi connectivity index (χ0v) is 12.3. The van der Waals surface area contributed by atoms with E-state index in [0.717, 1.165) is 23.4 Å². The Balaban J connectivity index is 2.62. The molecule has 96 valence electrons. The van der Waals surface area contributed by atoms with Crippen LogP contribution in [-0.2, 0) is 12.3 Å². The van der Waals surface area contributed by atoms with Crippen LogP contribution >= 0.6 is 23.2 Å². The van der Waals surface area contributed by atoms with Gasteiger partial charge in [0.25, 0.3) is 0 Å². The summed E-state index contributed by atoms with van der Waals surface area (Å²) in [5, 5.41) is 5.31. The van der Waals surface area contributed by atoms with Gasteiger partial charge in [-0.15, -0.1) is 11.6 Å². The third-order valence-electron chi connectivity index (χ3n) is 3.21. The number of aromatic nitrogens is 2. The lowest BCUT2D eigenvalue weighted by Gasteiger charge is -2.10. The molecule has 0 unspecified atom stereocenters. The van der Waals surface area contributed by atoms with Crippen LogP contribution in [0.3, 0.4) is 0 Å². The quantitative estimate of drug-likeness (QED) is 0.761. The van der Waals surface area contributed by atoms with E-state index >= 15 is 0 Å². The van der Waals surface area contributed by atoms with Crippen molar-refractivity contribution in [2.45, 2.75) is 33.1 Å². The van der Waals surface area contributed by atoms with Crippen LogP contribution in [0.2, 0.25) is 5.02 Å². The van der Waals surface area contributed by atoms with Gasteiger partial charge in [-0.2, -0.15) is 5.10 Å². The SMILES string of the molecule is CCc1c(C)nn(-c2ccc(Cl)cc2CCl)c1C. The molecule has 0 saturated carbocycles. The van der Waals surface area contributed by atoms with E-state index in [1.165, 1.54) is 11.3 Å². The Hall–Kier alpha value is -0.990. The largest absolute Gasteiger partial charge is 0.237 e. The lowest BCUT2D eigenvalue weighted by atomic mass is 10.1. The molecule has 1 heterocycles. The van der Waals surface area contributed by atoms with Crippen molar-refractivity contribution in [2.75, 3.05) is 0 Å². The first-order chi connectivity index (χ1) is 8.58. The first-order valence-corrected chi connectivity index (χ1v) is 6.89. The van der Waals surface area contributed by atoms with Crippen molar-refractivity contribution in [3.8, 4) is 5.69 Å². The molecule has 18 heavy (non-hydrogen) atoms. The van der Waals surface area contributed by atoms with Gasteiger partial charge in [0.2, 0.25) is 0 Å². The average Bonchev–Trinajstić information content (AvgIpc) is 2.64. The van der Waals surface area contributed by atoms with Crippen molar-refractivity contribution in [2.24, 2.45) is 0 Å². The Morgan fingerprint density at radius 2 is 2.00 bits per heavy atom. The molecule has 0 radical (unpaired) electrons. The minimum atomic E-state index is 0.426. The molecule has 4 heteroatoms. The Morgan fingerprint density at radius 1 is 1.28 bits per heavy atom. The zero-order valence-electron chi connectivity index (χ0n) is 10.8. The Labute approximate surface area is 118 Å². The predicted molar refractivity (Wildman–Crippen MR) is 77.0 cm³/mol. The maximum atomic E-state index is 6.00. The van der Waals surface area contributed by atoms with Gasteiger partial charge in [0.1, 0.15) is 0 Å². The second kappa shape index (κ2) is 5.33. The summed E-state index contributed by atoms with van der Waals surface area (Å²) in [5.74, 6) is 0.426. The van der Waals surface area contributed by atoms with Gasteiger partial charge in [0.15, 0.2) is 0 Å². The van der Waals surface area contributed by atoms with Crippen LogP contribution in [0.4, 0.5) is 0 Å². The van der Waals surface area contributed by atoms with Crippen molar-refractivity contribution in [1.82, 2.24) is 9.78 Å². The summed E-state index contributed by atoms with van der Waals surface area (Å²) in [5.41, 5.74) is 5.55. The van der Waals surface area contributed by atoms with Crippen molar-refractivity contribution < 1.29 is 0 Å². The van der Waals surface area contributed by atoms with E-state index in [2.05, 4.69) is 18.9 Å². The van der Waals surface area contributed by atoms with Gasteiger partial charge in [0.05, 0.1) is 11.4 Å². The summed E-state index contributed by atoms with van der Waals surface area (Å²) in [7, 11) is 0. The highest BCUT2D eigenvalue weighted by Gasteiger charge is 2.13. The summed E-state index contributed by atoms with van der Waals surface area (Å²) < 4.78 is 1.96. The number of hydrogen-bond acceptors (Lipinski definition) is 1. The van der Waals surface area contributed by atoms with Crippen LogP contribution in [0.25, 0.3) is 5.69 Å². The van der Waals surface area contributed by atoms with Crippen molar-refractivity contribution in [3.05, 3.63) is 45.7 Å². The summed E-state index contributed by atoms with van der Waals surface area (Å²) >= 11 is 12.0. The predicted octanol–water partition coefficient (Wildman–Crippen LogP) is 4.44. The first kappa shape index (κ1) is 13.4. The molecule has 1 aromatic carbocycles. The molecule has 0 amide bonds. The number of benzene rings is 1. The Kier molecular flexibility index (Phi) is 3.98. The molecule has 0 atom stereocenters. The van der Waals surface area contributed by atoms with Gasteiger partial charge in [-0.05, 0) is 49.6 Å². The van der Waals surface area contributed by atoms with Crippen LogP contribution in [0, 0.1) is 13.8 Å². The number of hydrogen-bond donors (Lipinski definition) is 0. The monoisotopic (exact) mass is 282 g/mol. The molecule has 0 aliphatic heterocycles. The van der Waals surface area contributed by atoms with Crippen molar-refractivity contribution >= 4 is 23.2 Å². The standard InChI is InChI=1S/C14H16Cl2N2/c1-4-13-9(2)17-18(10(13)3)14-6-5-12(16)7-11(14)8-15/h5-7H,4,8H2,1-3H3. The highest BCUT2D eigenvalue weighted by atomic mass is 35.5. The van der Waals surface area contributed by atoms with E-state index in [1.54, 1.807) is 0 Å². The third kappa shape index (κ3) is 2.27. The molecule has 2 rings (SSSR count). The normalized spacial score (nSPS) is 10.9. The lowest BCUT2D eigenvalue weighted by Crippen LogP contribution is -2.03. The van der Waals surface area contributed by atoms with E-state index in [1.807, 2.05) is 29.8 Å². The van der Waals surface area contributed by atoms with Crippen LogP contribution in [-0.4, -0.2) is 9.78 Å². The highest BCUT2D eigenvalue weighted by Crippen LogP contribution is 2.24. The van der Waals surface area contributed by atoms with E-state index < -0.39 is 0 Å². The van der Waals surface area contributed by atoms with Crippen LogP contribution in [0.1, 0.15) is 29.4 Å². The second-order valence-corrected chi connectivity index (χ2v) is 5.03. The number of nitrogens with zero attached hydrogens (tertiary/aromatic N) is 2. The van der Waals surface area contributed by atoms with E-state index in [0.29, 0.717) is 10.9 Å². The zero-order chi connectivity index (χ0) is 13.3. The van der Waals surface area contributed by atoms with E-state index in [9.17, 15) is 0 Å². The Morgan fingerprint density at radius 3 is 2.56 bits per heavy atom. The molecule has 0 aliphatic carbocycles. The molecule has 2 nitrogen and oxygen atoms in total. The molecular formula is C14H16Cl2N2. The van der Waals surface area contributed by atoms with Crippen molar-refractivity contribution in [3.63, 3.8) is 0 Å². The summed E-state index contributed by atoms with van der Waals surface area (Å²) in [6.07, 6.45) is 0.988. The summed E-state index contributed by atoms with van der Waals surface area (Å²) in [4.78, 5) is 0. The fourth-order valence-electron chi connectivity index (χ4n) is 2.29. The topological polar surface area (TPSA) is 17.8 Å². The smallest absolute Gasteiger partial charge is 0.0694 e. The fourth-order valence-corrected chi connectivity index (χ4v) is 2.70. The van der Waals surface area contributed by atoms with Crippen LogP contribution in [0.5, 0.6) is 0 Å². The average molecular weight is 283 g/mol. The molecular weight excluding hydrogens is 267 g/mol. The van der Waals surface area contributed by atoms with E-state index in [4.69, 9.17) is 23.2 Å². The molecule has 0 aliphatic rings.